The monoisotopic (exact) mass is 301 g/mol. The Balaban J connectivity index is 1.65. The maximum atomic E-state index is 10.6. The van der Waals surface area contributed by atoms with Crippen LogP contribution in [0.15, 0.2) is 18.3 Å². The van der Waals surface area contributed by atoms with E-state index in [1.807, 2.05) is 18.3 Å². The minimum atomic E-state index is -0.396. The number of aliphatic hydroxyl groups is 1. The number of nitrogens with one attached hydrogen (secondary N) is 1. The summed E-state index contributed by atoms with van der Waals surface area (Å²) < 4.78 is 0. The third-order valence-electron chi connectivity index (χ3n) is 4.96. The second-order valence-electron chi connectivity index (χ2n) is 7.12. The SMILES string of the molecule is Cc1c(C(O)CCN2CC(C)CC(C)C2)ccc2[nH]ncc12. The quantitative estimate of drug-likeness (QED) is 0.911. The fraction of sp³-hybridized carbons (Fsp3) is 0.611. The topological polar surface area (TPSA) is 52.1 Å². The lowest BCUT2D eigenvalue weighted by molar-refractivity contribution is 0.103. The second kappa shape index (κ2) is 6.39. The number of benzene rings is 1. The first-order valence-corrected chi connectivity index (χ1v) is 8.37. The van der Waals surface area contributed by atoms with E-state index in [1.54, 1.807) is 0 Å². The van der Waals surface area contributed by atoms with Crippen LogP contribution in [0.5, 0.6) is 0 Å². The zero-order valence-electron chi connectivity index (χ0n) is 13.8. The van der Waals surface area contributed by atoms with Gasteiger partial charge in [0.2, 0.25) is 0 Å². The summed E-state index contributed by atoms with van der Waals surface area (Å²) in [5.74, 6) is 1.54. The Labute approximate surface area is 132 Å². The normalized spacial score (nSPS) is 24.7. The van der Waals surface area contributed by atoms with E-state index in [1.165, 1.54) is 6.42 Å². The van der Waals surface area contributed by atoms with Gasteiger partial charge >= 0.3 is 0 Å². The Hall–Kier alpha value is -1.39. The average Bonchev–Trinajstić information content (AvgIpc) is 2.93. The van der Waals surface area contributed by atoms with Crippen LogP contribution in [0.1, 0.15) is 43.9 Å². The maximum absolute atomic E-state index is 10.6. The van der Waals surface area contributed by atoms with Crippen LogP contribution in [0.25, 0.3) is 10.9 Å². The Bertz CT molecular complexity index is 626. The van der Waals surface area contributed by atoms with Gasteiger partial charge in [0.15, 0.2) is 0 Å². The van der Waals surface area contributed by atoms with Gasteiger partial charge in [0.1, 0.15) is 0 Å². The third-order valence-corrected chi connectivity index (χ3v) is 4.96. The van der Waals surface area contributed by atoms with E-state index < -0.39 is 6.10 Å². The van der Waals surface area contributed by atoms with Crippen molar-refractivity contribution in [3.63, 3.8) is 0 Å². The van der Waals surface area contributed by atoms with Crippen molar-refractivity contribution in [1.29, 1.82) is 0 Å². The molecule has 0 amide bonds. The van der Waals surface area contributed by atoms with Crippen LogP contribution in [0.3, 0.4) is 0 Å². The van der Waals surface area contributed by atoms with E-state index in [0.717, 1.165) is 59.9 Å². The molecule has 3 rings (SSSR count). The number of fused-ring (bicyclic) bond motifs is 1. The molecule has 1 aromatic heterocycles. The highest BCUT2D eigenvalue weighted by molar-refractivity contribution is 5.82. The summed E-state index contributed by atoms with van der Waals surface area (Å²) in [4.78, 5) is 2.51. The fourth-order valence-corrected chi connectivity index (χ4v) is 3.97. The summed E-state index contributed by atoms with van der Waals surface area (Å²) in [5, 5.41) is 18.8. The molecule has 0 aliphatic carbocycles. The van der Waals surface area contributed by atoms with Crippen molar-refractivity contribution in [2.24, 2.45) is 11.8 Å². The molecule has 0 bridgehead atoms. The molecule has 2 heterocycles. The molecule has 2 aromatic rings. The number of aliphatic hydroxyl groups excluding tert-OH is 1. The predicted octanol–water partition coefficient (Wildman–Crippen LogP) is 3.27. The molecule has 1 aliphatic rings. The van der Waals surface area contributed by atoms with E-state index >= 15 is 0 Å². The number of nitrogens with zero attached hydrogens (tertiary/aromatic N) is 2. The van der Waals surface area contributed by atoms with Gasteiger partial charge in [-0.3, -0.25) is 5.10 Å². The number of aromatic amines is 1. The number of likely N-dealkylation sites (tertiary alicyclic amines) is 1. The molecule has 0 spiro atoms. The molecule has 0 radical (unpaired) electrons. The highest BCUT2D eigenvalue weighted by atomic mass is 16.3. The first-order chi connectivity index (χ1) is 10.5. The Morgan fingerprint density at radius 1 is 1.32 bits per heavy atom. The highest BCUT2D eigenvalue weighted by Gasteiger charge is 2.22. The standard InChI is InChI=1S/C18H27N3O/c1-12-8-13(2)11-21(10-12)7-6-18(22)15-4-5-17-16(14(15)3)9-19-20-17/h4-5,9,12-13,18,22H,6-8,10-11H2,1-3H3,(H,19,20). The van der Waals surface area contributed by atoms with Crippen LogP contribution < -0.4 is 0 Å². The van der Waals surface area contributed by atoms with E-state index in [2.05, 4.69) is 35.9 Å². The van der Waals surface area contributed by atoms with Crippen LogP contribution >= 0.6 is 0 Å². The van der Waals surface area contributed by atoms with Crippen molar-refractivity contribution in [2.75, 3.05) is 19.6 Å². The van der Waals surface area contributed by atoms with Gasteiger partial charge in [0.05, 0.1) is 17.8 Å². The van der Waals surface area contributed by atoms with Gasteiger partial charge in [0, 0.05) is 25.0 Å². The van der Waals surface area contributed by atoms with Crippen molar-refractivity contribution < 1.29 is 5.11 Å². The maximum Gasteiger partial charge on any atom is 0.0805 e. The summed E-state index contributed by atoms with van der Waals surface area (Å²) in [6.07, 6.45) is 3.57. The number of hydrogen-bond donors (Lipinski definition) is 2. The van der Waals surface area contributed by atoms with Crippen LogP contribution in [0, 0.1) is 18.8 Å². The van der Waals surface area contributed by atoms with Crippen molar-refractivity contribution >= 4 is 10.9 Å². The summed E-state index contributed by atoms with van der Waals surface area (Å²) >= 11 is 0. The molecule has 4 heteroatoms. The predicted molar refractivity (Wildman–Crippen MR) is 89.8 cm³/mol. The molecule has 22 heavy (non-hydrogen) atoms. The first kappa shape index (κ1) is 15.5. The molecule has 4 nitrogen and oxygen atoms in total. The molecule has 1 fully saturated rings. The van der Waals surface area contributed by atoms with E-state index in [9.17, 15) is 5.11 Å². The number of H-pyrrole nitrogens is 1. The zero-order chi connectivity index (χ0) is 15.7. The van der Waals surface area contributed by atoms with Crippen molar-refractivity contribution in [1.82, 2.24) is 15.1 Å². The number of rotatable bonds is 4. The highest BCUT2D eigenvalue weighted by Crippen LogP contribution is 2.28. The van der Waals surface area contributed by atoms with Crippen molar-refractivity contribution in [3.05, 3.63) is 29.5 Å². The molecule has 3 atom stereocenters. The average molecular weight is 301 g/mol. The minimum absolute atomic E-state index is 0.396. The number of piperidine rings is 1. The summed E-state index contributed by atoms with van der Waals surface area (Å²) in [6.45, 7) is 10.0. The lowest BCUT2D eigenvalue weighted by atomic mass is 9.91. The van der Waals surface area contributed by atoms with Gasteiger partial charge in [-0.25, -0.2) is 0 Å². The van der Waals surface area contributed by atoms with Gasteiger partial charge in [-0.05, 0) is 48.8 Å². The van der Waals surface area contributed by atoms with Crippen LogP contribution in [0.2, 0.25) is 0 Å². The molecule has 0 saturated carbocycles. The zero-order valence-corrected chi connectivity index (χ0v) is 13.8. The van der Waals surface area contributed by atoms with Crippen molar-refractivity contribution in [3.8, 4) is 0 Å². The van der Waals surface area contributed by atoms with E-state index in [-0.39, 0.29) is 0 Å². The smallest absolute Gasteiger partial charge is 0.0805 e. The van der Waals surface area contributed by atoms with Gasteiger partial charge in [-0.1, -0.05) is 19.9 Å². The van der Waals surface area contributed by atoms with Crippen LogP contribution in [-0.2, 0) is 0 Å². The number of hydrogen-bond acceptors (Lipinski definition) is 3. The Kier molecular flexibility index (Phi) is 4.50. The fourth-order valence-electron chi connectivity index (χ4n) is 3.97. The summed E-state index contributed by atoms with van der Waals surface area (Å²) in [5.41, 5.74) is 3.21. The third kappa shape index (κ3) is 3.18. The molecule has 1 saturated heterocycles. The lowest BCUT2D eigenvalue weighted by Gasteiger charge is -2.35. The molecule has 2 N–H and O–H groups in total. The van der Waals surface area contributed by atoms with Gasteiger partial charge in [-0.15, -0.1) is 0 Å². The Morgan fingerprint density at radius 2 is 2.05 bits per heavy atom. The van der Waals surface area contributed by atoms with Gasteiger partial charge < -0.3 is 10.0 Å². The van der Waals surface area contributed by atoms with Crippen LogP contribution in [-0.4, -0.2) is 39.8 Å². The summed E-state index contributed by atoms with van der Waals surface area (Å²) in [7, 11) is 0. The van der Waals surface area contributed by atoms with E-state index in [4.69, 9.17) is 0 Å². The molecular weight excluding hydrogens is 274 g/mol. The molecule has 1 aromatic carbocycles. The lowest BCUT2D eigenvalue weighted by Crippen LogP contribution is -2.39. The number of aromatic nitrogens is 2. The molecular formula is C18H27N3O. The molecule has 120 valence electrons. The molecule has 3 unspecified atom stereocenters. The van der Waals surface area contributed by atoms with Gasteiger partial charge in [0.25, 0.3) is 0 Å². The van der Waals surface area contributed by atoms with Crippen molar-refractivity contribution in [2.45, 2.75) is 39.7 Å². The number of aryl methyl sites for hydroxylation is 1. The second-order valence-corrected chi connectivity index (χ2v) is 7.12. The molecule has 1 aliphatic heterocycles. The first-order valence-electron chi connectivity index (χ1n) is 8.37. The summed E-state index contributed by atoms with van der Waals surface area (Å²) in [6, 6.07) is 4.04. The largest absolute Gasteiger partial charge is 0.388 e. The van der Waals surface area contributed by atoms with E-state index in [0.29, 0.717) is 0 Å². The Morgan fingerprint density at radius 3 is 2.77 bits per heavy atom. The van der Waals surface area contributed by atoms with Gasteiger partial charge in [-0.2, -0.15) is 5.10 Å². The minimum Gasteiger partial charge on any atom is -0.388 e. The van der Waals surface area contributed by atoms with Crippen LogP contribution in [0.4, 0.5) is 0 Å².